The van der Waals surface area contributed by atoms with Crippen LogP contribution in [0.15, 0.2) is 15.3 Å². The quantitative estimate of drug-likeness (QED) is 0.857. The Morgan fingerprint density at radius 2 is 2.00 bits per heavy atom. The van der Waals surface area contributed by atoms with Crippen LogP contribution in [-0.4, -0.2) is 19.7 Å². The van der Waals surface area contributed by atoms with Gasteiger partial charge in [0.05, 0.1) is 10.5 Å². The zero-order chi connectivity index (χ0) is 14.2. The molecule has 1 heterocycles. The van der Waals surface area contributed by atoms with Gasteiger partial charge in [-0.3, -0.25) is 4.79 Å². The zero-order valence-electron chi connectivity index (χ0n) is 11.9. The normalized spacial score (nSPS) is 19.3. The molecule has 0 unspecified atom stereocenters. The summed E-state index contributed by atoms with van der Waals surface area (Å²) in [5.41, 5.74) is 3.37. The third-order valence-electron chi connectivity index (χ3n) is 3.18. The van der Waals surface area contributed by atoms with E-state index in [2.05, 4.69) is 9.38 Å². The monoisotopic (exact) mass is 280 g/mol. The molecule has 104 valence electrons. The Morgan fingerprint density at radius 3 is 2.63 bits per heavy atom. The van der Waals surface area contributed by atoms with Gasteiger partial charge in [0.15, 0.2) is 0 Å². The van der Waals surface area contributed by atoms with Crippen LogP contribution in [0.4, 0.5) is 0 Å². The molecule has 1 atom stereocenters. The fraction of sp³-hybridized carbons (Fsp3) is 0.571. The van der Waals surface area contributed by atoms with Crippen molar-refractivity contribution in [2.75, 3.05) is 0 Å². The van der Waals surface area contributed by atoms with Crippen molar-refractivity contribution in [2.24, 2.45) is 4.40 Å². The maximum atomic E-state index is 12.1. The van der Waals surface area contributed by atoms with Gasteiger partial charge in [0.25, 0.3) is 5.56 Å². The first-order valence-corrected chi connectivity index (χ1v) is 7.62. The number of nitrogens with one attached hydrogen (secondary N) is 1. The summed E-state index contributed by atoms with van der Waals surface area (Å²) in [5.74, 6) is 0. The van der Waals surface area contributed by atoms with Crippen LogP contribution in [0.25, 0.3) is 0 Å². The second-order valence-electron chi connectivity index (χ2n) is 5.93. The summed E-state index contributed by atoms with van der Waals surface area (Å²) in [6.07, 6.45) is 2.61. The van der Waals surface area contributed by atoms with E-state index in [1.807, 2.05) is 26.8 Å². The van der Waals surface area contributed by atoms with E-state index >= 15 is 0 Å². The van der Waals surface area contributed by atoms with Gasteiger partial charge >= 0.3 is 0 Å². The van der Waals surface area contributed by atoms with E-state index in [0.717, 1.165) is 36.2 Å². The van der Waals surface area contributed by atoms with Crippen LogP contribution in [0.5, 0.6) is 0 Å². The molecule has 0 fully saturated rings. The number of hydrogen-bond donors (Lipinski definition) is 1. The van der Waals surface area contributed by atoms with Gasteiger partial charge in [-0.1, -0.05) is 0 Å². The van der Waals surface area contributed by atoms with E-state index in [1.165, 1.54) is 0 Å². The molecule has 4 nitrogen and oxygen atoms in total. The molecule has 0 spiro atoms. The lowest BCUT2D eigenvalue weighted by molar-refractivity contribution is 0.650. The average Bonchev–Trinajstić information content (AvgIpc) is 2.30. The highest BCUT2D eigenvalue weighted by atomic mass is 32.2. The molecule has 0 aromatic carbocycles. The maximum Gasteiger partial charge on any atom is 0.251 e. The summed E-state index contributed by atoms with van der Waals surface area (Å²) >= 11 is 0. The molecule has 0 amide bonds. The van der Waals surface area contributed by atoms with Crippen molar-refractivity contribution in [3.63, 3.8) is 0 Å². The van der Waals surface area contributed by atoms with Crippen LogP contribution in [0.2, 0.25) is 0 Å². The molecule has 2 rings (SSSR count). The van der Waals surface area contributed by atoms with E-state index in [0.29, 0.717) is 5.56 Å². The lowest BCUT2D eigenvalue weighted by Gasteiger charge is -2.20. The molecular formula is C14H20N2O2S. The SMILES string of the molecule is Cc1cc2c([nH]c1=O)CCC/C2=N\[S@](=O)C(C)(C)C. The molecule has 0 saturated carbocycles. The molecule has 1 N–H and O–H groups in total. The summed E-state index contributed by atoms with van der Waals surface area (Å²) in [5, 5.41) is 0. The summed E-state index contributed by atoms with van der Waals surface area (Å²) in [6.45, 7) is 7.52. The second-order valence-corrected chi connectivity index (χ2v) is 7.83. The molecule has 19 heavy (non-hydrogen) atoms. The Balaban J connectivity index is 2.48. The minimum Gasteiger partial charge on any atom is -0.325 e. The van der Waals surface area contributed by atoms with Crippen molar-refractivity contribution in [1.82, 2.24) is 4.98 Å². The fourth-order valence-corrected chi connectivity index (χ4v) is 2.69. The fourth-order valence-electron chi connectivity index (χ4n) is 2.03. The number of aromatic nitrogens is 1. The molecule has 1 aliphatic carbocycles. The van der Waals surface area contributed by atoms with Crippen LogP contribution < -0.4 is 5.56 Å². The standard InChI is InChI=1S/C14H20N2O2S/c1-9-8-10-11(15-13(9)17)6-5-7-12(10)16-19(18)14(2,3)4/h8H,5-7H2,1-4H3,(H,15,17)/b16-12+/t19-/m1/s1. The minimum absolute atomic E-state index is 0.0445. The molecule has 0 radical (unpaired) electrons. The molecule has 1 aromatic heterocycles. The first kappa shape index (κ1) is 14.2. The van der Waals surface area contributed by atoms with Gasteiger partial charge in [0.2, 0.25) is 0 Å². The summed E-state index contributed by atoms with van der Waals surface area (Å²) < 4.78 is 16.2. The minimum atomic E-state index is -1.26. The van der Waals surface area contributed by atoms with Crippen LogP contribution in [0.1, 0.15) is 50.4 Å². The average molecular weight is 280 g/mol. The number of rotatable bonds is 1. The predicted molar refractivity (Wildman–Crippen MR) is 79.2 cm³/mol. The number of fused-ring (bicyclic) bond motifs is 1. The van der Waals surface area contributed by atoms with Crippen LogP contribution in [0.3, 0.4) is 0 Å². The smallest absolute Gasteiger partial charge is 0.251 e. The summed E-state index contributed by atoms with van der Waals surface area (Å²) in [6, 6.07) is 1.87. The number of pyridine rings is 1. The first-order chi connectivity index (χ1) is 8.79. The second kappa shape index (κ2) is 5.04. The van der Waals surface area contributed by atoms with Crippen molar-refractivity contribution in [3.05, 3.63) is 33.2 Å². The van der Waals surface area contributed by atoms with Crippen molar-refractivity contribution in [2.45, 2.75) is 51.7 Å². The summed E-state index contributed by atoms with van der Waals surface area (Å²) in [7, 11) is -1.26. The van der Waals surface area contributed by atoms with Crippen molar-refractivity contribution >= 4 is 16.7 Å². The van der Waals surface area contributed by atoms with E-state index in [9.17, 15) is 9.00 Å². The lowest BCUT2D eigenvalue weighted by Crippen LogP contribution is -2.24. The van der Waals surface area contributed by atoms with Crippen molar-refractivity contribution < 1.29 is 4.21 Å². The largest absolute Gasteiger partial charge is 0.325 e. The van der Waals surface area contributed by atoms with E-state index in [1.54, 1.807) is 6.92 Å². The number of nitrogens with zero attached hydrogens (tertiary/aromatic N) is 1. The number of aryl methyl sites for hydroxylation is 2. The van der Waals surface area contributed by atoms with Crippen molar-refractivity contribution in [1.29, 1.82) is 0 Å². The van der Waals surface area contributed by atoms with Crippen molar-refractivity contribution in [3.8, 4) is 0 Å². The molecule has 0 bridgehead atoms. The number of H-pyrrole nitrogens is 1. The molecule has 0 saturated heterocycles. The highest BCUT2D eigenvalue weighted by Crippen LogP contribution is 2.22. The van der Waals surface area contributed by atoms with Crippen LogP contribution >= 0.6 is 0 Å². The third kappa shape index (κ3) is 3.03. The number of hydrogen-bond acceptors (Lipinski definition) is 2. The number of aromatic amines is 1. The van der Waals surface area contributed by atoms with Gasteiger partial charge in [-0.15, -0.1) is 0 Å². The topological polar surface area (TPSA) is 62.3 Å². The van der Waals surface area contributed by atoms with Crippen LogP contribution in [-0.2, 0) is 17.4 Å². The molecule has 1 aromatic rings. The molecule has 0 aliphatic heterocycles. The predicted octanol–water partition coefficient (Wildman–Crippen LogP) is 2.27. The Morgan fingerprint density at radius 1 is 1.32 bits per heavy atom. The van der Waals surface area contributed by atoms with Gasteiger partial charge in [0, 0.05) is 16.8 Å². The Hall–Kier alpha value is -1.23. The van der Waals surface area contributed by atoms with Gasteiger partial charge in [0.1, 0.15) is 11.0 Å². The lowest BCUT2D eigenvalue weighted by atomic mass is 9.93. The van der Waals surface area contributed by atoms with Gasteiger partial charge < -0.3 is 4.98 Å². The zero-order valence-corrected chi connectivity index (χ0v) is 12.7. The van der Waals surface area contributed by atoms with Gasteiger partial charge in [-0.2, -0.15) is 4.40 Å². The van der Waals surface area contributed by atoms with Crippen LogP contribution in [0, 0.1) is 6.92 Å². The molecular weight excluding hydrogens is 260 g/mol. The highest BCUT2D eigenvalue weighted by molar-refractivity contribution is 7.85. The van der Waals surface area contributed by atoms with E-state index in [-0.39, 0.29) is 10.3 Å². The van der Waals surface area contributed by atoms with Gasteiger partial charge in [-0.25, -0.2) is 4.21 Å². The molecule has 1 aliphatic rings. The maximum absolute atomic E-state index is 12.1. The van der Waals surface area contributed by atoms with E-state index < -0.39 is 11.0 Å². The van der Waals surface area contributed by atoms with E-state index in [4.69, 9.17) is 0 Å². The Kier molecular flexibility index (Phi) is 3.76. The Bertz CT molecular complexity index is 609. The Labute approximate surface area is 115 Å². The third-order valence-corrected chi connectivity index (χ3v) is 4.61. The van der Waals surface area contributed by atoms with Gasteiger partial charge in [-0.05, 0) is 53.0 Å². The summed E-state index contributed by atoms with van der Waals surface area (Å²) in [4.78, 5) is 14.5. The molecule has 5 heteroatoms. The highest BCUT2D eigenvalue weighted by Gasteiger charge is 2.23. The first-order valence-electron chi connectivity index (χ1n) is 6.52.